The number of hydrogen-bond donors (Lipinski definition) is 1. The number of benzene rings is 1. The highest BCUT2D eigenvalue weighted by Crippen LogP contribution is 2.37. The van der Waals surface area contributed by atoms with Gasteiger partial charge in [0.1, 0.15) is 12.4 Å². The van der Waals surface area contributed by atoms with E-state index in [1.807, 2.05) is 0 Å². The van der Waals surface area contributed by atoms with Crippen LogP contribution in [0.1, 0.15) is 24.0 Å². The summed E-state index contributed by atoms with van der Waals surface area (Å²) >= 11 is 11.0. The molecule has 116 valence electrons. The minimum Gasteiger partial charge on any atom is -0.487 e. The van der Waals surface area contributed by atoms with Crippen molar-refractivity contribution in [1.29, 1.82) is 0 Å². The van der Waals surface area contributed by atoms with Crippen LogP contribution in [0.5, 0.6) is 5.75 Å². The van der Waals surface area contributed by atoms with Gasteiger partial charge in [-0.1, -0.05) is 29.3 Å². The molecule has 0 spiro atoms. The minimum atomic E-state index is -4.48. The standard InChI is InChI=1S/C14H14Cl2F3NO/c15-6-10(16)8-21-13-4-1-9(7-20-11-2-3-11)5-12(13)14(17,18)19/h1,4-6,11,20H,2-3,7-8H2. The third-order valence-corrected chi connectivity index (χ3v) is 3.60. The Bertz CT molecular complexity index is 527. The summed E-state index contributed by atoms with van der Waals surface area (Å²) < 4.78 is 44.3. The third kappa shape index (κ3) is 5.09. The Labute approximate surface area is 130 Å². The molecule has 0 heterocycles. The highest BCUT2D eigenvalue weighted by molar-refractivity contribution is 6.36. The normalized spacial score (nSPS) is 16.1. The molecular formula is C14H14Cl2F3NO. The monoisotopic (exact) mass is 339 g/mol. The smallest absolute Gasteiger partial charge is 0.419 e. The molecule has 0 amide bonds. The van der Waals surface area contributed by atoms with Gasteiger partial charge in [0.25, 0.3) is 0 Å². The molecular weight excluding hydrogens is 326 g/mol. The summed E-state index contributed by atoms with van der Waals surface area (Å²) in [6.07, 6.45) is -2.32. The van der Waals surface area contributed by atoms with Gasteiger partial charge in [-0.3, -0.25) is 0 Å². The lowest BCUT2D eigenvalue weighted by molar-refractivity contribution is -0.138. The molecule has 1 aliphatic carbocycles. The van der Waals surface area contributed by atoms with Crippen molar-refractivity contribution >= 4 is 23.2 Å². The Morgan fingerprint density at radius 3 is 2.67 bits per heavy atom. The molecule has 1 saturated carbocycles. The highest BCUT2D eigenvalue weighted by atomic mass is 35.5. The van der Waals surface area contributed by atoms with Crippen LogP contribution in [0.15, 0.2) is 28.8 Å². The van der Waals surface area contributed by atoms with Crippen molar-refractivity contribution in [3.05, 3.63) is 39.9 Å². The van der Waals surface area contributed by atoms with E-state index in [2.05, 4.69) is 5.32 Å². The molecule has 2 nitrogen and oxygen atoms in total. The van der Waals surface area contributed by atoms with Gasteiger partial charge in [0.05, 0.1) is 10.6 Å². The van der Waals surface area contributed by atoms with E-state index >= 15 is 0 Å². The second-order valence-electron chi connectivity index (χ2n) is 4.83. The Balaban J connectivity index is 2.14. The third-order valence-electron chi connectivity index (χ3n) is 3.01. The number of alkyl halides is 3. The van der Waals surface area contributed by atoms with Crippen LogP contribution in [0.3, 0.4) is 0 Å². The van der Waals surface area contributed by atoms with Crippen molar-refractivity contribution in [2.75, 3.05) is 6.61 Å². The van der Waals surface area contributed by atoms with Gasteiger partial charge in [-0.15, -0.1) is 0 Å². The molecule has 0 radical (unpaired) electrons. The van der Waals surface area contributed by atoms with Crippen molar-refractivity contribution in [3.8, 4) is 5.75 Å². The molecule has 7 heteroatoms. The molecule has 1 aromatic carbocycles. The second kappa shape index (κ2) is 6.90. The molecule has 1 fully saturated rings. The van der Waals surface area contributed by atoms with Crippen LogP contribution in [0, 0.1) is 0 Å². The average Bonchev–Trinajstić information content (AvgIpc) is 3.26. The number of halogens is 5. The Morgan fingerprint density at radius 2 is 2.10 bits per heavy atom. The van der Waals surface area contributed by atoms with E-state index < -0.39 is 11.7 Å². The molecule has 0 saturated heterocycles. The van der Waals surface area contributed by atoms with Gasteiger partial charge < -0.3 is 10.1 Å². The molecule has 0 atom stereocenters. The maximum atomic E-state index is 13.1. The lowest BCUT2D eigenvalue weighted by Gasteiger charge is -2.15. The van der Waals surface area contributed by atoms with E-state index in [0.717, 1.165) is 24.4 Å². The Hall–Kier alpha value is -0.910. The largest absolute Gasteiger partial charge is 0.487 e. The second-order valence-corrected chi connectivity index (χ2v) is 5.53. The van der Waals surface area contributed by atoms with E-state index in [1.165, 1.54) is 6.07 Å². The molecule has 1 aliphatic rings. The number of hydrogen-bond acceptors (Lipinski definition) is 2. The van der Waals surface area contributed by atoms with E-state index in [9.17, 15) is 13.2 Å². The maximum absolute atomic E-state index is 13.1. The first kappa shape index (κ1) is 16.5. The van der Waals surface area contributed by atoms with Crippen LogP contribution in [0.2, 0.25) is 0 Å². The fourth-order valence-corrected chi connectivity index (χ4v) is 1.88. The topological polar surface area (TPSA) is 21.3 Å². The highest BCUT2D eigenvalue weighted by Gasteiger charge is 2.34. The molecule has 0 aliphatic heterocycles. The zero-order valence-corrected chi connectivity index (χ0v) is 12.5. The molecule has 0 bridgehead atoms. The summed E-state index contributed by atoms with van der Waals surface area (Å²) in [6, 6.07) is 4.45. The van der Waals surface area contributed by atoms with Crippen LogP contribution in [-0.2, 0) is 12.7 Å². The van der Waals surface area contributed by atoms with Gasteiger partial charge in [-0.2, -0.15) is 13.2 Å². The Morgan fingerprint density at radius 1 is 1.38 bits per heavy atom. The number of nitrogens with one attached hydrogen (secondary N) is 1. The van der Waals surface area contributed by atoms with Crippen molar-refractivity contribution in [2.45, 2.75) is 31.6 Å². The zero-order valence-electron chi connectivity index (χ0n) is 11.0. The summed E-state index contributed by atoms with van der Waals surface area (Å²) in [4.78, 5) is 0. The van der Waals surface area contributed by atoms with Gasteiger partial charge in [0, 0.05) is 18.1 Å². The lowest BCUT2D eigenvalue weighted by Crippen LogP contribution is -2.16. The summed E-state index contributed by atoms with van der Waals surface area (Å²) in [5, 5.41) is 3.30. The van der Waals surface area contributed by atoms with Crippen LogP contribution in [0.4, 0.5) is 13.2 Å². The van der Waals surface area contributed by atoms with Crippen molar-refractivity contribution in [3.63, 3.8) is 0 Å². The summed E-state index contributed by atoms with van der Waals surface area (Å²) in [7, 11) is 0. The first-order valence-electron chi connectivity index (χ1n) is 6.41. The van der Waals surface area contributed by atoms with Gasteiger partial charge in [0.15, 0.2) is 0 Å². The molecule has 21 heavy (non-hydrogen) atoms. The van der Waals surface area contributed by atoms with Crippen LogP contribution < -0.4 is 10.1 Å². The van der Waals surface area contributed by atoms with Crippen molar-refractivity contribution in [2.24, 2.45) is 0 Å². The first-order valence-corrected chi connectivity index (χ1v) is 7.22. The zero-order chi connectivity index (χ0) is 15.5. The first-order chi connectivity index (χ1) is 9.90. The average molecular weight is 340 g/mol. The number of ether oxygens (including phenoxy) is 1. The SMILES string of the molecule is FC(F)(F)c1cc(CNC2CC2)ccc1OCC(Cl)=CCl. The van der Waals surface area contributed by atoms with E-state index in [-0.39, 0.29) is 17.4 Å². The van der Waals surface area contributed by atoms with Crippen molar-refractivity contribution < 1.29 is 17.9 Å². The quantitative estimate of drug-likeness (QED) is 0.814. The predicted octanol–water partition coefficient (Wildman–Crippen LogP) is 4.66. The molecule has 0 aromatic heterocycles. The predicted molar refractivity (Wildman–Crippen MR) is 76.6 cm³/mol. The van der Waals surface area contributed by atoms with Gasteiger partial charge in [0.2, 0.25) is 0 Å². The van der Waals surface area contributed by atoms with Crippen LogP contribution >= 0.6 is 23.2 Å². The van der Waals surface area contributed by atoms with Crippen LogP contribution in [0.25, 0.3) is 0 Å². The minimum absolute atomic E-state index is 0.129. The molecule has 1 N–H and O–H groups in total. The van der Waals surface area contributed by atoms with Crippen molar-refractivity contribution in [1.82, 2.24) is 5.32 Å². The fourth-order valence-electron chi connectivity index (χ4n) is 1.76. The summed E-state index contributed by atoms with van der Waals surface area (Å²) in [5.41, 5.74) is 0.820. The Kier molecular flexibility index (Phi) is 5.41. The summed E-state index contributed by atoms with van der Waals surface area (Å²) in [5.74, 6) is -0.255. The number of rotatable bonds is 6. The van der Waals surface area contributed by atoms with Gasteiger partial charge in [-0.05, 0) is 30.5 Å². The van der Waals surface area contributed by atoms with Crippen LogP contribution in [-0.4, -0.2) is 12.6 Å². The molecule has 0 unspecified atom stereocenters. The van der Waals surface area contributed by atoms with Gasteiger partial charge in [-0.25, -0.2) is 0 Å². The summed E-state index contributed by atoms with van der Waals surface area (Å²) in [6.45, 7) is 0.212. The maximum Gasteiger partial charge on any atom is 0.419 e. The van der Waals surface area contributed by atoms with E-state index in [4.69, 9.17) is 27.9 Å². The molecule has 1 aromatic rings. The molecule has 2 rings (SSSR count). The lowest BCUT2D eigenvalue weighted by atomic mass is 10.1. The van der Waals surface area contributed by atoms with Gasteiger partial charge >= 0.3 is 6.18 Å². The van der Waals surface area contributed by atoms with E-state index in [0.29, 0.717) is 18.2 Å². The fraction of sp³-hybridized carbons (Fsp3) is 0.429. The van der Waals surface area contributed by atoms with E-state index in [1.54, 1.807) is 6.07 Å².